The quantitative estimate of drug-likeness (QED) is 0.613. The molecule has 10 heteroatoms. The van der Waals surface area contributed by atoms with E-state index in [-0.39, 0.29) is 17.0 Å². The highest BCUT2D eigenvalue weighted by Gasteiger charge is 2.18. The predicted octanol–water partition coefficient (Wildman–Crippen LogP) is 2.37. The summed E-state index contributed by atoms with van der Waals surface area (Å²) < 4.78 is 32.9. The lowest BCUT2D eigenvalue weighted by Gasteiger charge is -2.11. The number of anilines is 1. The third-order valence-electron chi connectivity index (χ3n) is 4.74. The molecule has 0 aliphatic carbocycles. The molecule has 0 atom stereocenters. The Hall–Kier alpha value is -3.27. The number of ether oxygens (including phenoxy) is 1. The van der Waals surface area contributed by atoms with Gasteiger partial charge in [-0.1, -0.05) is 18.6 Å². The molecule has 0 fully saturated rings. The van der Waals surface area contributed by atoms with Crippen LogP contribution in [0.2, 0.25) is 0 Å². The second kappa shape index (κ2) is 10.9. The number of amidine groups is 1. The summed E-state index contributed by atoms with van der Waals surface area (Å²) in [6, 6.07) is 9.41. The molecular formula is C22H26N4O5S. The molecule has 2 N–H and O–H groups in total. The van der Waals surface area contributed by atoms with Gasteiger partial charge in [0.25, 0.3) is 15.9 Å². The lowest BCUT2D eigenvalue weighted by Crippen LogP contribution is -2.30. The first-order chi connectivity index (χ1) is 15.3. The molecule has 9 nitrogen and oxygen atoms in total. The fraction of sp³-hybridized carbons (Fsp3) is 0.364. The monoisotopic (exact) mass is 458 g/mol. The Bertz CT molecular complexity index is 1100. The highest BCUT2D eigenvalue weighted by molar-refractivity contribution is 7.90. The second-order valence-corrected chi connectivity index (χ2v) is 9.15. The lowest BCUT2D eigenvalue weighted by atomic mass is 10.2. The summed E-state index contributed by atoms with van der Waals surface area (Å²) in [5, 5.41) is 2.54. The standard InChI is InChI=1S/C22H26N4O5S/c1-16-9-10-17(14-24-16)12-22(28)31-15-21(27)25-18-6-5-7-19(13-18)32(29,30)26-20-8-3-2-4-11-23-20/h5-7,9-10,13-14H,2-4,8,11-12,15H2,1H3,(H,23,26)(H,25,27). The molecule has 1 amide bonds. The van der Waals surface area contributed by atoms with E-state index >= 15 is 0 Å². The number of amides is 1. The fourth-order valence-corrected chi connectivity index (χ4v) is 4.21. The first-order valence-electron chi connectivity index (χ1n) is 10.3. The number of aliphatic imine (C=N–C) groups is 1. The van der Waals surface area contributed by atoms with Crippen LogP contribution >= 0.6 is 0 Å². The van der Waals surface area contributed by atoms with Crippen LogP contribution in [0, 0.1) is 6.92 Å². The molecule has 1 aliphatic rings. The molecule has 0 saturated heterocycles. The minimum atomic E-state index is -3.82. The van der Waals surface area contributed by atoms with E-state index in [1.807, 2.05) is 6.92 Å². The van der Waals surface area contributed by atoms with E-state index in [0.717, 1.165) is 25.0 Å². The highest BCUT2D eigenvalue weighted by Crippen LogP contribution is 2.16. The number of nitrogens with zero attached hydrogens (tertiary/aromatic N) is 2. The maximum atomic E-state index is 12.7. The molecule has 0 spiro atoms. The smallest absolute Gasteiger partial charge is 0.310 e. The van der Waals surface area contributed by atoms with Crippen molar-refractivity contribution in [1.82, 2.24) is 9.71 Å². The van der Waals surface area contributed by atoms with Gasteiger partial charge in [0.05, 0.1) is 11.3 Å². The summed E-state index contributed by atoms with van der Waals surface area (Å²) in [4.78, 5) is 32.5. The minimum Gasteiger partial charge on any atom is -0.455 e. The van der Waals surface area contributed by atoms with Crippen molar-refractivity contribution < 1.29 is 22.7 Å². The van der Waals surface area contributed by atoms with Crippen LogP contribution in [0.3, 0.4) is 0 Å². The molecule has 1 aliphatic heterocycles. The Labute approximate surface area is 187 Å². The van der Waals surface area contributed by atoms with Gasteiger partial charge in [0.1, 0.15) is 5.84 Å². The number of pyridine rings is 1. The summed E-state index contributed by atoms with van der Waals surface area (Å²) in [6.45, 7) is 1.96. The normalized spacial score (nSPS) is 14.1. The van der Waals surface area contributed by atoms with Crippen LogP contribution in [-0.4, -0.2) is 44.3 Å². The van der Waals surface area contributed by atoms with E-state index in [9.17, 15) is 18.0 Å². The zero-order chi connectivity index (χ0) is 23.0. The molecule has 0 radical (unpaired) electrons. The maximum absolute atomic E-state index is 12.7. The van der Waals surface area contributed by atoms with Crippen LogP contribution in [0.5, 0.6) is 0 Å². The number of nitrogens with one attached hydrogen (secondary N) is 2. The number of esters is 1. The number of carbonyl (C=O) groups is 2. The molecule has 0 bridgehead atoms. The van der Waals surface area contributed by atoms with Crippen LogP contribution in [0.1, 0.15) is 36.9 Å². The fourth-order valence-electron chi connectivity index (χ4n) is 3.08. The number of sulfonamides is 1. The van der Waals surface area contributed by atoms with E-state index in [1.54, 1.807) is 24.4 Å². The van der Waals surface area contributed by atoms with Crippen molar-refractivity contribution in [3.05, 3.63) is 53.9 Å². The summed E-state index contributed by atoms with van der Waals surface area (Å²) in [7, 11) is -3.82. The van der Waals surface area contributed by atoms with Gasteiger partial charge in [-0.05, 0) is 49.6 Å². The van der Waals surface area contributed by atoms with Crippen molar-refractivity contribution in [1.29, 1.82) is 0 Å². The number of carbonyl (C=O) groups excluding carboxylic acids is 2. The van der Waals surface area contributed by atoms with Crippen molar-refractivity contribution in [3.63, 3.8) is 0 Å². The summed E-state index contributed by atoms with van der Waals surface area (Å²) >= 11 is 0. The number of aromatic nitrogens is 1. The number of hydrogen-bond acceptors (Lipinski definition) is 7. The molecule has 32 heavy (non-hydrogen) atoms. The third kappa shape index (κ3) is 7.16. The molecule has 1 aromatic carbocycles. The second-order valence-electron chi connectivity index (χ2n) is 7.47. The Kier molecular flexibility index (Phi) is 7.93. The van der Waals surface area contributed by atoms with Gasteiger partial charge in [0.15, 0.2) is 6.61 Å². The zero-order valence-corrected chi connectivity index (χ0v) is 18.7. The SMILES string of the molecule is Cc1ccc(CC(=O)OCC(=O)Nc2cccc(S(=O)(=O)NC3=NCCCCC3)c2)cn1. The Morgan fingerprint density at radius 2 is 1.97 bits per heavy atom. The average Bonchev–Trinajstić information content (AvgIpc) is 3.02. The van der Waals surface area contributed by atoms with Crippen LogP contribution < -0.4 is 10.0 Å². The van der Waals surface area contributed by atoms with Gasteiger partial charge >= 0.3 is 5.97 Å². The molecule has 0 unspecified atom stereocenters. The van der Waals surface area contributed by atoms with Crippen LogP contribution in [0.25, 0.3) is 0 Å². The molecule has 170 valence electrons. The number of aryl methyl sites for hydroxylation is 1. The predicted molar refractivity (Wildman–Crippen MR) is 120 cm³/mol. The molecular weight excluding hydrogens is 432 g/mol. The first-order valence-corrected chi connectivity index (χ1v) is 11.8. The third-order valence-corrected chi connectivity index (χ3v) is 6.12. The zero-order valence-electron chi connectivity index (χ0n) is 17.8. The van der Waals surface area contributed by atoms with Gasteiger partial charge in [-0.2, -0.15) is 0 Å². The van der Waals surface area contributed by atoms with Crippen molar-refractivity contribution in [2.45, 2.75) is 43.9 Å². The average molecular weight is 459 g/mol. The first kappa shape index (κ1) is 23.4. The van der Waals surface area contributed by atoms with Crippen molar-refractivity contribution in [3.8, 4) is 0 Å². The topological polar surface area (TPSA) is 127 Å². The van der Waals surface area contributed by atoms with Crippen molar-refractivity contribution in [2.24, 2.45) is 4.99 Å². The van der Waals surface area contributed by atoms with Crippen molar-refractivity contribution >= 4 is 33.4 Å². The maximum Gasteiger partial charge on any atom is 0.310 e. The molecule has 0 saturated carbocycles. The minimum absolute atomic E-state index is 0.00381. The molecule has 2 aromatic rings. The van der Waals surface area contributed by atoms with E-state index in [0.29, 0.717) is 24.4 Å². The largest absolute Gasteiger partial charge is 0.455 e. The van der Waals surface area contributed by atoms with Crippen molar-refractivity contribution in [2.75, 3.05) is 18.5 Å². The van der Waals surface area contributed by atoms with Gasteiger partial charge in [-0.15, -0.1) is 0 Å². The van der Waals surface area contributed by atoms with E-state index in [2.05, 4.69) is 20.0 Å². The summed E-state index contributed by atoms with van der Waals surface area (Å²) in [5.74, 6) is -0.681. The van der Waals surface area contributed by atoms with Crippen LogP contribution in [-0.2, 0) is 30.8 Å². The van der Waals surface area contributed by atoms with E-state index in [1.165, 1.54) is 18.2 Å². The van der Waals surface area contributed by atoms with Crippen LogP contribution in [0.15, 0.2) is 52.5 Å². The van der Waals surface area contributed by atoms with Gasteiger partial charge in [-0.3, -0.25) is 24.3 Å². The lowest BCUT2D eigenvalue weighted by molar-refractivity contribution is -0.146. The number of rotatable bonds is 7. The van der Waals surface area contributed by atoms with Gasteiger partial charge in [-0.25, -0.2) is 8.42 Å². The molecule has 3 rings (SSSR count). The Balaban J connectivity index is 1.54. The number of hydrogen-bond donors (Lipinski definition) is 2. The van der Waals surface area contributed by atoms with E-state index in [4.69, 9.17) is 4.74 Å². The van der Waals surface area contributed by atoms with E-state index < -0.39 is 28.5 Å². The highest BCUT2D eigenvalue weighted by atomic mass is 32.2. The number of benzene rings is 1. The van der Waals surface area contributed by atoms with Crippen LogP contribution in [0.4, 0.5) is 5.69 Å². The van der Waals surface area contributed by atoms with Gasteiger partial charge in [0, 0.05) is 30.5 Å². The van der Waals surface area contributed by atoms with Gasteiger partial charge in [0.2, 0.25) is 0 Å². The van der Waals surface area contributed by atoms with Gasteiger partial charge < -0.3 is 10.1 Å². The molecule has 1 aromatic heterocycles. The summed E-state index contributed by atoms with van der Waals surface area (Å²) in [5.41, 5.74) is 1.80. The summed E-state index contributed by atoms with van der Waals surface area (Å²) in [6.07, 6.45) is 5.01. The Morgan fingerprint density at radius 3 is 2.75 bits per heavy atom. The molecule has 2 heterocycles. The Morgan fingerprint density at radius 1 is 1.12 bits per heavy atom.